The minimum atomic E-state index is -4.32. The van der Waals surface area contributed by atoms with Crippen LogP contribution in [0.15, 0.2) is 65.7 Å². The van der Waals surface area contributed by atoms with Crippen LogP contribution in [0.3, 0.4) is 0 Å². The molecule has 4 rings (SSSR count). The number of para-hydroxylation sites is 1. The van der Waals surface area contributed by atoms with Crippen LogP contribution in [0.1, 0.15) is 68.9 Å². The van der Waals surface area contributed by atoms with E-state index in [9.17, 15) is 13.2 Å². The van der Waals surface area contributed by atoms with E-state index in [1.165, 1.54) is 80.8 Å². The third-order valence-corrected chi connectivity index (χ3v) is 7.79. The predicted octanol–water partition coefficient (Wildman–Crippen LogP) is 8.58. The molecule has 5 heteroatoms. The van der Waals surface area contributed by atoms with E-state index in [-0.39, 0.29) is 0 Å². The molecular formula is C28H33F3NS+. The van der Waals surface area contributed by atoms with Gasteiger partial charge in [0.05, 0.1) is 10.5 Å². The number of aryl methyl sites for hydroxylation is 1. The van der Waals surface area contributed by atoms with Gasteiger partial charge >= 0.3 is 6.18 Å². The van der Waals surface area contributed by atoms with E-state index in [1.807, 2.05) is 12.1 Å². The van der Waals surface area contributed by atoms with E-state index < -0.39 is 11.7 Å². The molecule has 1 nitrogen and oxygen atoms in total. The minimum Gasteiger partial charge on any atom is -0.197 e. The second-order valence-electron chi connectivity index (χ2n) is 9.22. The van der Waals surface area contributed by atoms with E-state index in [4.69, 9.17) is 0 Å². The fourth-order valence-electron chi connectivity index (χ4n) is 5.00. The van der Waals surface area contributed by atoms with Crippen molar-refractivity contribution < 1.29 is 17.7 Å². The second-order valence-corrected chi connectivity index (χ2v) is 10.3. The maximum absolute atomic E-state index is 13.4. The second kappa shape index (κ2) is 11.4. The van der Waals surface area contributed by atoms with Crippen LogP contribution in [0.4, 0.5) is 13.2 Å². The smallest absolute Gasteiger partial charge is 0.197 e. The van der Waals surface area contributed by atoms with Crippen molar-refractivity contribution in [3.8, 4) is 0 Å². The molecule has 1 aliphatic carbocycles. The van der Waals surface area contributed by atoms with Gasteiger partial charge in [0, 0.05) is 23.6 Å². The molecule has 0 aliphatic heterocycles. The summed E-state index contributed by atoms with van der Waals surface area (Å²) in [6, 6.07) is 16.3. The molecule has 1 aromatic heterocycles. The van der Waals surface area contributed by atoms with Crippen LogP contribution < -0.4 is 4.57 Å². The monoisotopic (exact) mass is 472 g/mol. The first kappa shape index (κ1) is 24.1. The van der Waals surface area contributed by atoms with Crippen LogP contribution in [0, 0.1) is 5.92 Å². The van der Waals surface area contributed by atoms with Gasteiger partial charge in [0.1, 0.15) is 6.54 Å². The Morgan fingerprint density at radius 2 is 1.64 bits per heavy atom. The SMILES string of the molecule is FC(F)(F)c1ccccc1CSc1cc2ccccc2[n+](CCCCCC2CCCCC2)c1. The maximum atomic E-state index is 13.4. The molecule has 0 saturated heterocycles. The molecule has 0 spiro atoms. The van der Waals surface area contributed by atoms with Gasteiger partial charge in [-0.15, -0.1) is 11.8 Å². The molecule has 33 heavy (non-hydrogen) atoms. The van der Waals surface area contributed by atoms with Crippen LogP contribution >= 0.6 is 11.8 Å². The van der Waals surface area contributed by atoms with Gasteiger partial charge in [0.25, 0.3) is 0 Å². The van der Waals surface area contributed by atoms with Gasteiger partial charge < -0.3 is 0 Å². The van der Waals surface area contributed by atoms with Crippen LogP contribution in [-0.2, 0) is 18.5 Å². The number of benzene rings is 2. The lowest BCUT2D eigenvalue weighted by atomic mass is 9.85. The van der Waals surface area contributed by atoms with Crippen molar-refractivity contribution in [3.63, 3.8) is 0 Å². The quantitative estimate of drug-likeness (QED) is 0.171. The summed E-state index contributed by atoms with van der Waals surface area (Å²) in [5.41, 5.74) is 0.978. The molecule has 0 atom stereocenters. The third kappa shape index (κ3) is 6.75. The summed E-state index contributed by atoms with van der Waals surface area (Å²) >= 11 is 1.47. The number of unbranched alkanes of at least 4 members (excludes halogenated alkanes) is 2. The molecule has 176 valence electrons. The van der Waals surface area contributed by atoms with Crippen molar-refractivity contribution in [1.82, 2.24) is 0 Å². The average Bonchev–Trinajstić information content (AvgIpc) is 2.82. The number of hydrogen-bond acceptors (Lipinski definition) is 1. The summed E-state index contributed by atoms with van der Waals surface area (Å²) in [6.45, 7) is 0.943. The van der Waals surface area contributed by atoms with Crippen molar-refractivity contribution in [2.24, 2.45) is 5.92 Å². The summed E-state index contributed by atoms with van der Waals surface area (Å²) in [5.74, 6) is 1.24. The van der Waals surface area contributed by atoms with Crippen LogP contribution in [0.2, 0.25) is 0 Å². The van der Waals surface area contributed by atoms with Gasteiger partial charge in [-0.05, 0) is 36.1 Å². The number of pyridine rings is 1. The number of rotatable bonds is 9. The Hall–Kier alpha value is -2.01. The lowest BCUT2D eigenvalue weighted by molar-refractivity contribution is -0.673. The fraction of sp³-hybridized carbons (Fsp3) is 0.464. The number of thioether (sulfide) groups is 1. The zero-order valence-electron chi connectivity index (χ0n) is 19.1. The molecule has 1 heterocycles. The molecule has 1 saturated carbocycles. The van der Waals surface area contributed by atoms with E-state index in [1.54, 1.807) is 12.1 Å². The van der Waals surface area contributed by atoms with E-state index in [0.29, 0.717) is 11.3 Å². The highest BCUT2D eigenvalue weighted by atomic mass is 32.2. The van der Waals surface area contributed by atoms with Gasteiger partial charge in [-0.25, -0.2) is 0 Å². The zero-order valence-corrected chi connectivity index (χ0v) is 19.9. The van der Waals surface area contributed by atoms with Crippen molar-refractivity contribution in [2.75, 3.05) is 0 Å². The van der Waals surface area contributed by atoms with Crippen molar-refractivity contribution >= 4 is 22.7 Å². The summed E-state index contributed by atoms with van der Waals surface area (Å²) in [7, 11) is 0. The molecular weight excluding hydrogens is 439 g/mol. The van der Waals surface area contributed by atoms with Gasteiger partial charge in [-0.1, -0.05) is 75.3 Å². The molecule has 0 radical (unpaired) electrons. The Morgan fingerprint density at radius 3 is 2.45 bits per heavy atom. The predicted molar refractivity (Wildman–Crippen MR) is 130 cm³/mol. The Kier molecular flexibility index (Phi) is 8.34. The number of halogens is 3. The van der Waals surface area contributed by atoms with Crippen molar-refractivity contribution in [3.05, 3.63) is 71.9 Å². The van der Waals surface area contributed by atoms with Crippen LogP contribution in [0.25, 0.3) is 10.9 Å². The van der Waals surface area contributed by atoms with Crippen LogP contribution in [0.5, 0.6) is 0 Å². The molecule has 1 aliphatic rings. The van der Waals surface area contributed by atoms with Gasteiger partial charge in [-0.2, -0.15) is 17.7 Å². The highest BCUT2D eigenvalue weighted by molar-refractivity contribution is 7.98. The maximum Gasteiger partial charge on any atom is 0.416 e. The number of hydrogen-bond donors (Lipinski definition) is 0. The lowest BCUT2D eigenvalue weighted by Gasteiger charge is -2.21. The van der Waals surface area contributed by atoms with Crippen LogP contribution in [-0.4, -0.2) is 0 Å². The average molecular weight is 473 g/mol. The number of fused-ring (bicyclic) bond motifs is 1. The molecule has 2 aromatic carbocycles. The van der Waals surface area contributed by atoms with Crippen molar-refractivity contribution in [1.29, 1.82) is 0 Å². The first-order valence-corrected chi connectivity index (χ1v) is 13.2. The first-order chi connectivity index (χ1) is 16.0. The molecule has 0 bridgehead atoms. The number of aromatic nitrogens is 1. The van der Waals surface area contributed by atoms with Gasteiger partial charge in [0.2, 0.25) is 5.52 Å². The number of nitrogens with zero attached hydrogens (tertiary/aromatic N) is 1. The van der Waals surface area contributed by atoms with E-state index >= 15 is 0 Å². The van der Waals surface area contributed by atoms with Crippen molar-refractivity contribution in [2.45, 2.75) is 81.2 Å². The van der Waals surface area contributed by atoms with E-state index in [2.05, 4.69) is 29.0 Å². The molecule has 0 N–H and O–H groups in total. The standard InChI is InChI=1S/C28H33F3NS/c29-28(30,31)26-16-8-6-15-24(26)21-33-25-19-23-14-7-9-17-27(23)32(20-25)18-10-2-5-13-22-11-3-1-4-12-22/h6-9,14-17,19-20,22H,1-5,10-13,18,21H2/q+1. The molecule has 0 amide bonds. The topological polar surface area (TPSA) is 3.88 Å². The molecule has 3 aromatic rings. The normalized spacial score (nSPS) is 15.2. The first-order valence-electron chi connectivity index (χ1n) is 12.2. The lowest BCUT2D eigenvalue weighted by Crippen LogP contribution is -2.34. The highest BCUT2D eigenvalue weighted by Crippen LogP contribution is 2.35. The Morgan fingerprint density at radius 1 is 0.879 bits per heavy atom. The van der Waals surface area contributed by atoms with Gasteiger partial charge in [-0.3, -0.25) is 0 Å². The zero-order chi connectivity index (χ0) is 23.1. The summed E-state index contributed by atoms with van der Waals surface area (Å²) in [5, 5.41) is 1.13. The summed E-state index contributed by atoms with van der Waals surface area (Å²) in [6.07, 6.45) is 9.87. The summed E-state index contributed by atoms with van der Waals surface area (Å²) < 4.78 is 42.3. The largest absolute Gasteiger partial charge is 0.416 e. The fourth-order valence-corrected chi connectivity index (χ4v) is 5.99. The van der Waals surface area contributed by atoms with Gasteiger partial charge in [0.15, 0.2) is 6.20 Å². The summed E-state index contributed by atoms with van der Waals surface area (Å²) in [4.78, 5) is 1.01. The highest BCUT2D eigenvalue weighted by Gasteiger charge is 2.32. The Labute approximate surface area is 199 Å². The Balaban J connectivity index is 1.40. The number of alkyl halides is 3. The Bertz CT molecular complexity index is 1040. The molecule has 0 unspecified atom stereocenters. The third-order valence-electron chi connectivity index (χ3n) is 6.78. The molecule has 1 fully saturated rings. The van der Waals surface area contributed by atoms with E-state index in [0.717, 1.165) is 29.2 Å². The minimum absolute atomic E-state index is 0.301.